The van der Waals surface area contributed by atoms with Gasteiger partial charge >= 0.3 is 0 Å². The lowest BCUT2D eigenvalue weighted by Crippen LogP contribution is -1.80. The number of nitriles is 1. The van der Waals surface area contributed by atoms with E-state index in [1.54, 1.807) is 0 Å². The van der Waals surface area contributed by atoms with Crippen molar-refractivity contribution < 1.29 is 0 Å². The van der Waals surface area contributed by atoms with Crippen LogP contribution >= 0.6 is 0 Å². The molecule has 0 bridgehead atoms. The third-order valence-electron chi connectivity index (χ3n) is 2.56. The van der Waals surface area contributed by atoms with E-state index in [2.05, 4.69) is 6.07 Å². The van der Waals surface area contributed by atoms with E-state index in [9.17, 15) is 0 Å². The Bertz CT molecular complexity index is 135. The largest absolute Gasteiger partial charge is 0.198 e. The Hall–Kier alpha value is -0.510. The maximum atomic E-state index is 8.46. The molecular weight excluding hydrogens is 98.1 g/mol. The van der Waals surface area contributed by atoms with Gasteiger partial charge in [0.25, 0.3) is 0 Å². The lowest BCUT2D eigenvalue weighted by atomic mass is 10.2. The topological polar surface area (TPSA) is 23.8 Å². The van der Waals surface area contributed by atoms with Gasteiger partial charge in [0.15, 0.2) is 0 Å². The monoisotopic (exact) mass is 107 g/mol. The third kappa shape index (κ3) is 0.362. The maximum absolute atomic E-state index is 8.46. The minimum atomic E-state index is 0.476. The minimum absolute atomic E-state index is 0.476. The average molecular weight is 107 g/mol. The van der Waals surface area contributed by atoms with E-state index in [0.717, 1.165) is 11.8 Å². The highest BCUT2D eigenvalue weighted by Gasteiger charge is 2.52. The van der Waals surface area contributed by atoms with Crippen LogP contribution in [-0.2, 0) is 0 Å². The van der Waals surface area contributed by atoms with Crippen LogP contribution in [0.3, 0.4) is 0 Å². The molecule has 2 aliphatic rings. The molecule has 1 unspecified atom stereocenters. The first kappa shape index (κ1) is 4.38. The highest BCUT2D eigenvalue weighted by atomic mass is 14.6. The van der Waals surface area contributed by atoms with Crippen molar-refractivity contribution in [3.63, 3.8) is 0 Å². The summed E-state index contributed by atoms with van der Waals surface area (Å²) in [6.45, 7) is 0. The fourth-order valence-electron chi connectivity index (χ4n) is 2.01. The van der Waals surface area contributed by atoms with Gasteiger partial charge in [-0.25, -0.2) is 0 Å². The van der Waals surface area contributed by atoms with E-state index in [0.29, 0.717) is 5.92 Å². The summed E-state index contributed by atoms with van der Waals surface area (Å²) >= 11 is 0. The third-order valence-corrected chi connectivity index (χ3v) is 2.56. The molecule has 2 saturated carbocycles. The van der Waals surface area contributed by atoms with Crippen LogP contribution in [0, 0.1) is 29.1 Å². The Morgan fingerprint density at radius 2 is 1.88 bits per heavy atom. The highest BCUT2D eigenvalue weighted by Crippen LogP contribution is 2.56. The van der Waals surface area contributed by atoms with E-state index < -0.39 is 0 Å². The van der Waals surface area contributed by atoms with Crippen molar-refractivity contribution in [1.82, 2.24) is 0 Å². The summed E-state index contributed by atoms with van der Waals surface area (Å²) in [6.07, 6.45) is 4.05. The van der Waals surface area contributed by atoms with Gasteiger partial charge in [0.1, 0.15) is 0 Å². The smallest absolute Gasteiger partial charge is 0.0661 e. The molecule has 0 radical (unpaired) electrons. The van der Waals surface area contributed by atoms with Crippen LogP contribution in [0.4, 0.5) is 0 Å². The van der Waals surface area contributed by atoms with Gasteiger partial charge in [0, 0.05) is 0 Å². The fraction of sp³-hybridized carbons (Fsp3) is 0.857. The number of hydrogen-bond acceptors (Lipinski definition) is 1. The summed E-state index contributed by atoms with van der Waals surface area (Å²) < 4.78 is 0. The second kappa shape index (κ2) is 1.25. The lowest BCUT2D eigenvalue weighted by Gasteiger charge is -1.87. The van der Waals surface area contributed by atoms with E-state index >= 15 is 0 Å². The van der Waals surface area contributed by atoms with Crippen molar-refractivity contribution in [2.45, 2.75) is 19.3 Å². The lowest BCUT2D eigenvalue weighted by molar-refractivity contribution is 0.672. The Balaban J connectivity index is 2.06. The Morgan fingerprint density at radius 1 is 1.25 bits per heavy atom. The van der Waals surface area contributed by atoms with Gasteiger partial charge in [0.2, 0.25) is 0 Å². The average Bonchev–Trinajstić information content (AvgIpc) is 2.22. The van der Waals surface area contributed by atoms with Gasteiger partial charge in [-0.1, -0.05) is 6.42 Å². The SMILES string of the molecule is N#CC1[C@H]2CCC[C@@H]12. The van der Waals surface area contributed by atoms with Gasteiger partial charge in [-0.3, -0.25) is 0 Å². The van der Waals surface area contributed by atoms with Crippen molar-refractivity contribution in [1.29, 1.82) is 5.26 Å². The molecule has 0 heterocycles. The van der Waals surface area contributed by atoms with Gasteiger partial charge in [-0.2, -0.15) is 5.26 Å². The molecule has 0 aliphatic heterocycles. The number of rotatable bonds is 0. The standard InChI is InChI=1S/C7H9N/c8-4-7-5-2-1-3-6(5)7/h5-7H,1-3H2/t5-,6+,7?. The molecule has 0 spiro atoms. The molecule has 0 aromatic heterocycles. The first-order valence-electron chi connectivity index (χ1n) is 3.33. The molecule has 0 aromatic carbocycles. The van der Waals surface area contributed by atoms with Crippen LogP contribution in [0.2, 0.25) is 0 Å². The number of nitrogens with zero attached hydrogens (tertiary/aromatic N) is 1. The van der Waals surface area contributed by atoms with Crippen molar-refractivity contribution in [3.05, 3.63) is 0 Å². The second-order valence-electron chi connectivity index (χ2n) is 2.91. The molecule has 3 atom stereocenters. The van der Waals surface area contributed by atoms with Crippen molar-refractivity contribution in [2.75, 3.05) is 0 Å². The van der Waals surface area contributed by atoms with Crippen LogP contribution in [0.15, 0.2) is 0 Å². The molecule has 8 heavy (non-hydrogen) atoms. The molecule has 0 aromatic rings. The van der Waals surface area contributed by atoms with Gasteiger partial charge in [-0.05, 0) is 24.7 Å². The fourth-order valence-corrected chi connectivity index (χ4v) is 2.01. The normalized spacial score (nSPS) is 50.1. The molecule has 2 rings (SSSR count). The maximum Gasteiger partial charge on any atom is 0.0661 e. The van der Waals surface area contributed by atoms with E-state index in [1.807, 2.05) is 0 Å². The van der Waals surface area contributed by atoms with Crippen molar-refractivity contribution in [3.8, 4) is 6.07 Å². The van der Waals surface area contributed by atoms with Gasteiger partial charge in [-0.15, -0.1) is 0 Å². The molecule has 0 N–H and O–H groups in total. The summed E-state index contributed by atoms with van der Waals surface area (Å²) in [7, 11) is 0. The predicted octanol–water partition coefficient (Wildman–Crippen LogP) is 1.56. The summed E-state index contributed by atoms with van der Waals surface area (Å²) in [6, 6.07) is 2.34. The first-order chi connectivity index (χ1) is 3.93. The van der Waals surface area contributed by atoms with Crippen LogP contribution in [0.25, 0.3) is 0 Å². The molecular formula is C7H9N. The summed E-state index contributed by atoms with van der Waals surface area (Å²) in [4.78, 5) is 0. The molecule has 42 valence electrons. The van der Waals surface area contributed by atoms with E-state index in [4.69, 9.17) is 5.26 Å². The van der Waals surface area contributed by atoms with Gasteiger partial charge < -0.3 is 0 Å². The molecule has 2 aliphatic carbocycles. The van der Waals surface area contributed by atoms with Crippen molar-refractivity contribution >= 4 is 0 Å². The first-order valence-corrected chi connectivity index (χ1v) is 3.33. The molecule has 2 fully saturated rings. The number of hydrogen-bond donors (Lipinski definition) is 0. The molecule has 0 saturated heterocycles. The summed E-state index contributed by atoms with van der Waals surface area (Å²) in [5.74, 6) is 2.14. The zero-order chi connectivity index (χ0) is 5.56. The zero-order valence-corrected chi connectivity index (χ0v) is 4.80. The van der Waals surface area contributed by atoms with E-state index in [1.165, 1.54) is 19.3 Å². The van der Waals surface area contributed by atoms with Crippen LogP contribution in [0.5, 0.6) is 0 Å². The molecule has 1 nitrogen and oxygen atoms in total. The van der Waals surface area contributed by atoms with Gasteiger partial charge in [0.05, 0.1) is 12.0 Å². The van der Waals surface area contributed by atoms with E-state index in [-0.39, 0.29) is 0 Å². The zero-order valence-electron chi connectivity index (χ0n) is 4.80. The summed E-state index contributed by atoms with van der Waals surface area (Å²) in [5.41, 5.74) is 0. The Kier molecular flexibility index (Phi) is 0.686. The highest BCUT2D eigenvalue weighted by molar-refractivity contribution is 5.11. The van der Waals surface area contributed by atoms with Crippen LogP contribution in [-0.4, -0.2) is 0 Å². The van der Waals surface area contributed by atoms with Crippen LogP contribution in [0.1, 0.15) is 19.3 Å². The molecule has 1 heteroatoms. The second-order valence-corrected chi connectivity index (χ2v) is 2.91. The molecule has 0 amide bonds. The van der Waals surface area contributed by atoms with Crippen LogP contribution < -0.4 is 0 Å². The van der Waals surface area contributed by atoms with Crippen molar-refractivity contribution in [2.24, 2.45) is 17.8 Å². The predicted molar refractivity (Wildman–Crippen MR) is 29.9 cm³/mol. The minimum Gasteiger partial charge on any atom is -0.198 e. The summed E-state index contributed by atoms with van der Waals surface area (Å²) in [5, 5.41) is 8.46. The Labute approximate surface area is 49.3 Å². The Morgan fingerprint density at radius 3 is 2.25 bits per heavy atom. The quantitative estimate of drug-likeness (QED) is 0.460. The number of fused-ring (bicyclic) bond motifs is 1.